The molecule has 0 saturated carbocycles. The summed E-state index contributed by atoms with van der Waals surface area (Å²) < 4.78 is 39.6. The number of hydrogen-bond acceptors (Lipinski definition) is 3. The second-order valence-electron chi connectivity index (χ2n) is 6.07. The van der Waals surface area contributed by atoms with Crippen LogP contribution in [0.5, 0.6) is 0 Å². The SMILES string of the molecule is OC[C@H]1CN(c2ncccc2C(F)(F)F)CC[C@H]1c1ccccc1. The highest BCUT2D eigenvalue weighted by atomic mass is 19.4. The highest BCUT2D eigenvalue weighted by Gasteiger charge is 2.38. The van der Waals surface area contributed by atoms with Gasteiger partial charge in [-0.15, -0.1) is 0 Å². The Morgan fingerprint density at radius 3 is 2.54 bits per heavy atom. The fourth-order valence-corrected chi connectivity index (χ4v) is 3.42. The quantitative estimate of drug-likeness (QED) is 0.928. The molecule has 0 radical (unpaired) electrons. The zero-order valence-corrected chi connectivity index (χ0v) is 13.1. The van der Waals surface area contributed by atoms with Crippen molar-refractivity contribution < 1.29 is 18.3 Å². The third kappa shape index (κ3) is 3.38. The summed E-state index contributed by atoms with van der Waals surface area (Å²) in [6.45, 7) is 0.774. The molecule has 2 aromatic rings. The molecule has 1 N–H and O–H groups in total. The third-order valence-corrected chi connectivity index (χ3v) is 4.59. The zero-order chi connectivity index (χ0) is 17.2. The Balaban J connectivity index is 1.85. The molecular formula is C18H19F3N2O. The van der Waals surface area contributed by atoms with E-state index in [1.54, 1.807) is 4.90 Å². The molecule has 0 bridgehead atoms. The Morgan fingerprint density at radius 1 is 1.12 bits per heavy atom. The minimum Gasteiger partial charge on any atom is -0.396 e. The Morgan fingerprint density at radius 2 is 1.88 bits per heavy atom. The smallest absolute Gasteiger partial charge is 0.396 e. The normalized spacial score (nSPS) is 21.8. The van der Waals surface area contributed by atoms with Gasteiger partial charge in [-0.3, -0.25) is 0 Å². The number of anilines is 1. The topological polar surface area (TPSA) is 36.4 Å². The summed E-state index contributed by atoms with van der Waals surface area (Å²) in [5.74, 6) is -0.0234. The molecule has 128 valence electrons. The van der Waals surface area contributed by atoms with Crippen molar-refractivity contribution in [2.24, 2.45) is 5.92 Å². The number of hydrogen-bond donors (Lipinski definition) is 1. The molecule has 0 aliphatic carbocycles. The molecule has 2 heterocycles. The van der Waals surface area contributed by atoms with Crippen LogP contribution < -0.4 is 4.90 Å². The molecular weight excluding hydrogens is 317 g/mol. The molecule has 1 aromatic carbocycles. The maximum atomic E-state index is 13.2. The Kier molecular flexibility index (Phi) is 4.76. The molecule has 3 rings (SSSR count). The standard InChI is InChI=1S/C18H19F3N2O/c19-18(20,21)16-7-4-9-22-17(16)23-10-8-15(14(11-23)12-24)13-5-2-1-3-6-13/h1-7,9,14-15,24H,8,10-12H2/t14-,15+/m1/s1. The Bertz CT molecular complexity index is 675. The summed E-state index contributed by atoms with van der Waals surface area (Å²) >= 11 is 0. The predicted molar refractivity (Wildman–Crippen MR) is 85.8 cm³/mol. The molecule has 1 fully saturated rings. The van der Waals surface area contributed by atoms with Gasteiger partial charge in [0.1, 0.15) is 5.82 Å². The Labute approximate surface area is 138 Å². The first-order chi connectivity index (χ1) is 11.5. The number of piperidine rings is 1. The van der Waals surface area contributed by atoms with E-state index in [0.717, 1.165) is 11.6 Å². The van der Waals surface area contributed by atoms with Crippen LogP contribution in [0, 0.1) is 5.92 Å². The van der Waals surface area contributed by atoms with Gasteiger partial charge in [0.15, 0.2) is 0 Å². The van der Waals surface area contributed by atoms with E-state index in [1.165, 1.54) is 12.3 Å². The van der Waals surface area contributed by atoms with Gasteiger partial charge in [-0.2, -0.15) is 13.2 Å². The van der Waals surface area contributed by atoms with E-state index < -0.39 is 11.7 Å². The van der Waals surface area contributed by atoms with Gasteiger partial charge in [0.25, 0.3) is 0 Å². The number of aliphatic hydroxyl groups is 1. The van der Waals surface area contributed by atoms with Gasteiger partial charge in [-0.05, 0) is 30.0 Å². The second-order valence-corrected chi connectivity index (χ2v) is 6.07. The largest absolute Gasteiger partial charge is 0.419 e. The molecule has 0 unspecified atom stereocenters. The highest BCUT2D eigenvalue weighted by Crippen LogP contribution is 2.39. The van der Waals surface area contributed by atoms with E-state index in [0.29, 0.717) is 19.5 Å². The molecule has 1 aromatic heterocycles. The van der Waals surface area contributed by atoms with E-state index in [9.17, 15) is 18.3 Å². The minimum atomic E-state index is -4.44. The van der Waals surface area contributed by atoms with E-state index >= 15 is 0 Å². The molecule has 0 spiro atoms. The van der Waals surface area contributed by atoms with E-state index in [1.807, 2.05) is 30.3 Å². The monoisotopic (exact) mass is 336 g/mol. The van der Waals surface area contributed by atoms with Crippen LogP contribution in [0.4, 0.5) is 19.0 Å². The highest BCUT2D eigenvalue weighted by molar-refractivity contribution is 5.49. The summed E-state index contributed by atoms with van der Waals surface area (Å²) in [5, 5.41) is 9.75. The van der Waals surface area contributed by atoms with Gasteiger partial charge in [0, 0.05) is 31.8 Å². The van der Waals surface area contributed by atoms with E-state index in [2.05, 4.69) is 4.98 Å². The first kappa shape index (κ1) is 16.8. The molecule has 3 nitrogen and oxygen atoms in total. The first-order valence-electron chi connectivity index (χ1n) is 7.93. The maximum absolute atomic E-state index is 13.2. The van der Waals surface area contributed by atoms with Crippen molar-refractivity contribution >= 4 is 5.82 Å². The van der Waals surface area contributed by atoms with Crippen LogP contribution in [0.2, 0.25) is 0 Å². The summed E-state index contributed by atoms with van der Waals surface area (Å²) in [6.07, 6.45) is -2.38. The van der Waals surface area contributed by atoms with Crippen molar-refractivity contribution in [1.29, 1.82) is 0 Å². The molecule has 2 atom stereocenters. The molecule has 0 amide bonds. The summed E-state index contributed by atoms with van der Waals surface area (Å²) in [6, 6.07) is 12.2. The lowest BCUT2D eigenvalue weighted by molar-refractivity contribution is -0.137. The third-order valence-electron chi connectivity index (χ3n) is 4.59. The molecule has 6 heteroatoms. The van der Waals surface area contributed by atoms with E-state index in [4.69, 9.17) is 0 Å². The van der Waals surface area contributed by atoms with Crippen molar-refractivity contribution in [2.75, 3.05) is 24.6 Å². The van der Waals surface area contributed by atoms with Gasteiger partial charge in [0.05, 0.1) is 5.56 Å². The van der Waals surface area contributed by atoms with Crippen LogP contribution in [0.15, 0.2) is 48.7 Å². The lowest BCUT2D eigenvalue weighted by Crippen LogP contribution is -2.42. The predicted octanol–water partition coefficient (Wildman–Crippen LogP) is 3.70. The molecule has 1 aliphatic rings. The van der Waals surface area contributed by atoms with Crippen LogP contribution in [0.3, 0.4) is 0 Å². The fraction of sp³-hybridized carbons (Fsp3) is 0.389. The number of aliphatic hydroxyl groups excluding tert-OH is 1. The van der Waals surface area contributed by atoms with Gasteiger partial charge in [0.2, 0.25) is 0 Å². The van der Waals surface area contributed by atoms with Crippen molar-refractivity contribution in [3.63, 3.8) is 0 Å². The molecule has 24 heavy (non-hydrogen) atoms. The number of rotatable bonds is 3. The van der Waals surface area contributed by atoms with Gasteiger partial charge < -0.3 is 10.0 Å². The molecule has 1 saturated heterocycles. The van der Waals surface area contributed by atoms with Crippen LogP contribution in [0.25, 0.3) is 0 Å². The average molecular weight is 336 g/mol. The van der Waals surface area contributed by atoms with Crippen molar-refractivity contribution in [3.8, 4) is 0 Å². The van der Waals surface area contributed by atoms with Crippen molar-refractivity contribution in [3.05, 3.63) is 59.8 Å². The zero-order valence-electron chi connectivity index (χ0n) is 13.1. The van der Waals surface area contributed by atoms with Crippen LogP contribution in [0.1, 0.15) is 23.5 Å². The second kappa shape index (κ2) is 6.81. The van der Waals surface area contributed by atoms with Crippen molar-refractivity contribution in [1.82, 2.24) is 4.98 Å². The van der Waals surface area contributed by atoms with Gasteiger partial charge >= 0.3 is 6.18 Å². The van der Waals surface area contributed by atoms with Crippen LogP contribution in [-0.2, 0) is 6.18 Å². The van der Waals surface area contributed by atoms with Crippen LogP contribution >= 0.6 is 0 Å². The van der Waals surface area contributed by atoms with Gasteiger partial charge in [-0.25, -0.2) is 4.98 Å². The summed E-state index contributed by atoms with van der Waals surface area (Å²) in [5.41, 5.74) is 0.396. The lowest BCUT2D eigenvalue weighted by atomic mass is 9.81. The average Bonchev–Trinajstić information content (AvgIpc) is 2.61. The van der Waals surface area contributed by atoms with Crippen molar-refractivity contribution in [2.45, 2.75) is 18.5 Å². The number of benzene rings is 1. The van der Waals surface area contributed by atoms with Crippen LogP contribution in [-0.4, -0.2) is 29.8 Å². The number of pyridine rings is 1. The fourth-order valence-electron chi connectivity index (χ4n) is 3.42. The molecule has 1 aliphatic heterocycles. The van der Waals surface area contributed by atoms with Gasteiger partial charge in [-0.1, -0.05) is 30.3 Å². The Hall–Kier alpha value is -2.08. The lowest BCUT2D eigenvalue weighted by Gasteiger charge is -2.39. The maximum Gasteiger partial charge on any atom is 0.419 e. The number of nitrogens with zero attached hydrogens (tertiary/aromatic N) is 2. The summed E-state index contributed by atoms with van der Waals surface area (Å²) in [7, 11) is 0. The van der Waals surface area contributed by atoms with E-state index in [-0.39, 0.29) is 24.3 Å². The number of halogens is 3. The first-order valence-corrected chi connectivity index (χ1v) is 7.93. The number of alkyl halides is 3. The minimum absolute atomic E-state index is 0.0463. The number of aromatic nitrogens is 1. The summed E-state index contributed by atoms with van der Waals surface area (Å²) in [4.78, 5) is 5.60.